The van der Waals surface area contributed by atoms with E-state index in [-0.39, 0.29) is 24.5 Å². The number of nitriles is 1. The number of rotatable bonds is 12. The molecule has 3 aromatic rings. The highest BCUT2D eigenvalue weighted by Crippen LogP contribution is 2.35. The van der Waals surface area contributed by atoms with Crippen LogP contribution in [0.5, 0.6) is 17.2 Å². The summed E-state index contributed by atoms with van der Waals surface area (Å²) in [4.78, 5) is 12.7. The van der Waals surface area contributed by atoms with Crippen molar-refractivity contribution in [3.05, 3.63) is 107 Å². The van der Waals surface area contributed by atoms with Crippen molar-refractivity contribution in [1.29, 1.82) is 5.26 Å². The smallest absolute Gasteiger partial charge is 0.262 e. The summed E-state index contributed by atoms with van der Waals surface area (Å²) in [5, 5.41) is 12.4. The van der Waals surface area contributed by atoms with E-state index >= 15 is 0 Å². The molecule has 0 atom stereocenters. The van der Waals surface area contributed by atoms with Gasteiger partial charge in [0.05, 0.1) is 13.7 Å². The minimum Gasteiger partial charge on any atom is -0.497 e. The van der Waals surface area contributed by atoms with Crippen molar-refractivity contribution in [2.75, 3.05) is 13.7 Å². The van der Waals surface area contributed by atoms with Crippen LogP contribution in [0, 0.1) is 17.1 Å². The fourth-order valence-electron chi connectivity index (χ4n) is 3.60. The second-order valence-electron chi connectivity index (χ2n) is 8.01. The van der Waals surface area contributed by atoms with E-state index in [0.717, 1.165) is 16.9 Å². The van der Waals surface area contributed by atoms with Gasteiger partial charge >= 0.3 is 0 Å². The Kier molecular flexibility index (Phi) is 9.86. The first-order valence-corrected chi connectivity index (χ1v) is 11.8. The van der Waals surface area contributed by atoms with Crippen LogP contribution < -0.4 is 19.5 Å². The Morgan fingerprint density at radius 2 is 1.86 bits per heavy atom. The van der Waals surface area contributed by atoms with E-state index in [1.807, 2.05) is 25.1 Å². The van der Waals surface area contributed by atoms with Crippen LogP contribution in [0.3, 0.4) is 0 Å². The molecule has 0 saturated heterocycles. The van der Waals surface area contributed by atoms with Crippen molar-refractivity contribution in [2.24, 2.45) is 0 Å². The van der Waals surface area contributed by atoms with Gasteiger partial charge < -0.3 is 19.5 Å². The third kappa shape index (κ3) is 7.45. The second-order valence-corrected chi connectivity index (χ2v) is 8.01. The number of hydrogen-bond acceptors (Lipinski definition) is 5. The van der Waals surface area contributed by atoms with Gasteiger partial charge in [0.15, 0.2) is 11.5 Å². The summed E-state index contributed by atoms with van der Waals surface area (Å²) < 4.78 is 31.0. The van der Waals surface area contributed by atoms with Gasteiger partial charge in [-0.1, -0.05) is 36.4 Å². The molecule has 0 aromatic heterocycles. The van der Waals surface area contributed by atoms with Crippen molar-refractivity contribution in [2.45, 2.75) is 26.5 Å². The zero-order chi connectivity index (χ0) is 26.6. The Bertz CT molecular complexity index is 1310. The van der Waals surface area contributed by atoms with Gasteiger partial charge in [-0.3, -0.25) is 4.79 Å². The molecular formula is C30H29FN2O4. The Morgan fingerprint density at radius 1 is 1.11 bits per heavy atom. The molecule has 6 nitrogen and oxygen atoms in total. The zero-order valence-corrected chi connectivity index (χ0v) is 20.9. The molecule has 1 N–H and O–H groups in total. The first-order chi connectivity index (χ1) is 18.0. The molecule has 0 spiro atoms. The molecule has 0 unspecified atom stereocenters. The maximum absolute atomic E-state index is 14.1. The van der Waals surface area contributed by atoms with Gasteiger partial charge in [-0.25, -0.2) is 4.39 Å². The molecule has 3 aromatic carbocycles. The third-order valence-electron chi connectivity index (χ3n) is 5.44. The van der Waals surface area contributed by atoms with Crippen molar-refractivity contribution in [1.82, 2.24) is 5.32 Å². The summed E-state index contributed by atoms with van der Waals surface area (Å²) in [5.41, 5.74) is 2.56. The van der Waals surface area contributed by atoms with E-state index < -0.39 is 5.91 Å². The predicted octanol–water partition coefficient (Wildman–Crippen LogP) is 5.76. The van der Waals surface area contributed by atoms with Crippen molar-refractivity contribution in [3.8, 4) is 23.3 Å². The largest absolute Gasteiger partial charge is 0.497 e. The van der Waals surface area contributed by atoms with Crippen LogP contribution in [0.25, 0.3) is 6.08 Å². The number of carbonyl (C=O) groups is 1. The molecule has 3 rings (SSSR count). The van der Waals surface area contributed by atoms with E-state index in [1.54, 1.807) is 55.7 Å². The predicted molar refractivity (Wildman–Crippen MR) is 141 cm³/mol. The first kappa shape index (κ1) is 27.0. The average Bonchev–Trinajstić information content (AvgIpc) is 2.91. The Labute approximate surface area is 216 Å². The molecule has 0 saturated carbocycles. The van der Waals surface area contributed by atoms with E-state index in [1.165, 1.54) is 12.1 Å². The molecule has 0 aliphatic carbocycles. The van der Waals surface area contributed by atoms with Gasteiger partial charge in [0.1, 0.15) is 29.8 Å². The molecule has 0 fully saturated rings. The molecule has 0 radical (unpaired) electrons. The standard InChI is InChI=1S/C30H29FN2O4/c1-4-8-23-15-22(16-25(18-32)30(34)33-19-21-11-13-26(35-3)14-12-21)17-28(36-5-2)29(23)37-20-24-9-6-7-10-27(24)31/h4,6-7,9-17H,1,5,8,19-20H2,2-3H3,(H,33,34)/b25-16-. The number of ether oxygens (including phenoxy) is 3. The van der Waals surface area contributed by atoms with Crippen molar-refractivity contribution in [3.63, 3.8) is 0 Å². The lowest BCUT2D eigenvalue weighted by atomic mass is 10.0. The van der Waals surface area contributed by atoms with Gasteiger partial charge in [0, 0.05) is 17.7 Å². The van der Waals surface area contributed by atoms with Crippen LogP contribution in [-0.2, 0) is 24.4 Å². The molecule has 0 heterocycles. The fourth-order valence-corrected chi connectivity index (χ4v) is 3.60. The quantitative estimate of drug-likeness (QED) is 0.194. The number of halogens is 1. The van der Waals surface area contributed by atoms with E-state index in [9.17, 15) is 14.4 Å². The Hall–Kier alpha value is -4.57. The number of hydrogen-bond donors (Lipinski definition) is 1. The topological polar surface area (TPSA) is 80.6 Å². The maximum Gasteiger partial charge on any atom is 0.262 e. The normalized spacial score (nSPS) is 10.8. The number of allylic oxidation sites excluding steroid dienone is 1. The molecule has 0 aliphatic rings. The van der Waals surface area contributed by atoms with Gasteiger partial charge in [0.2, 0.25) is 0 Å². The van der Waals surface area contributed by atoms with Gasteiger partial charge in [-0.05, 0) is 60.9 Å². The first-order valence-electron chi connectivity index (χ1n) is 11.8. The van der Waals surface area contributed by atoms with Crippen LogP contribution in [0.1, 0.15) is 29.2 Å². The monoisotopic (exact) mass is 500 g/mol. The number of methoxy groups -OCH3 is 1. The molecule has 7 heteroatoms. The number of nitrogens with zero attached hydrogens (tertiary/aromatic N) is 1. The molecule has 0 bridgehead atoms. The Balaban J connectivity index is 1.85. The number of carbonyl (C=O) groups excluding carboxylic acids is 1. The molecule has 190 valence electrons. The van der Waals surface area contributed by atoms with Crippen LogP contribution in [0.15, 0.2) is 78.9 Å². The number of nitrogens with one attached hydrogen (secondary N) is 1. The van der Waals surface area contributed by atoms with E-state index in [4.69, 9.17) is 14.2 Å². The highest BCUT2D eigenvalue weighted by Gasteiger charge is 2.16. The lowest BCUT2D eigenvalue weighted by Gasteiger charge is -2.17. The average molecular weight is 501 g/mol. The Morgan fingerprint density at radius 3 is 2.51 bits per heavy atom. The highest BCUT2D eigenvalue weighted by molar-refractivity contribution is 6.01. The molecular weight excluding hydrogens is 471 g/mol. The number of amides is 1. The summed E-state index contributed by atoms with van der Waals surface area (Å²) in [6.45, 7) is 6.29. The molecule has 1 amide bonds. The van der Waals surface area contributed by atoms with Crippen LogP contribution >= 0.6 is 0 Å². The molecule has 0 aliphatic heterocycles. The van der Waals surface area contributed by atoms with Gasteiger partial charge in [-0.15, -0.1) is 6.58 Å². The molecule has 37 heavy (non-hydrogen) atoms. The highest BCUT2D eigenvalue weighted by atomic mass is 19.1. The SMILES string of the molecule is C=CCc1cc(/C=C(/C#N)C(=O)NCc2ccc(OC)cc2)cc(OCC)c1OCc1ccccc1F. The summed E-state index contributed by atoms with van der Waals surface area (Å²) in [6, 6.07) is 19.1. The third-order valence-corrected chi connectivity index (χ3v) is 5.44. The summed E-state index contributed by atoms with van der Waals surface area (Å²) in [5.74, 6) is 0.755. The minimum absolute atomic E-state index is 0.0172. The van der Waals surface area contributed by atoms with Crippen LogP contribution in [0.4, 0.5) is 4.39 Å². The van der Waals surface area contributed by atoms with Crippen molar-refractivity contribution >= 4 is 12.0 Å². The van der Waals surface area contributed by atoms with Crippen molar-refractivity contribution < 1.29 is 23.4 Å². The van der Waals surface area contributed by atoms with Crippen LogP contribution in [-0.4, -0.2) is 19.6 Å². The second kappa shape index (κ2) is 13.5. The summed E-state index contributed by atoms with van der Waals surface area (Å²) >= 11 is 0. The maximum atomic E-state index is 14.1. The van der Waals surface area contributed by atoms with E-state index in [2.05, 4.69) is 11.9 Å². The van der Waals surface area contributed by atoms with E-state index in [0.29, 0.717) is 35.7 Å². The van der Waals surface area contributed by atoms with Gasteiger partial charge in [0.25, 0.3) is 5.91 Å². The lowest BCUT2D eigenvalue weighted by molar-refractivity contribution is -0.117. The van der Waals surface area contributed by atoms with Crippen LogP contribution in [0.2, 0.25) is 0 Å². The summed E-state index contributed by atoms with van der Waals surface area (Å²) in [7, 11) is 1.58. The minimum atomic E-state index is -0.499. The summed E-state index contributed by atoms with van der Waals surface area (Å²) in [6.07, 6.45) is 3.65. The van der Waals surface area contributed by atoms with Gasteiger partial charge in [-0.2, -0.15) is 5.26 Å². The number of benzene rings is 3. The zero-order valence-electron chi connectivity index (χ0n) is 20.9. The lowest BCUT2D eigenvalue weighted by Crippen LogP contribution is -2.23. The fraction of sp³-hybridized carbons (Fsp3) is 0.200.